The summed E-state index contributed by atoms with van der Waals surface area (Å²) in [5, 5.41) is 0. The number of nitrogens with zero attached hydrogens (tertiary/aromatic N) is 2. The predicted molar refractivity (Wildman–Crippen MR) is 87.0 cm³/mol. The maximum absolute atomic E-state index is 12.2. The molecule has 0 spiro atoms. The summed E-state index contributed by atoms with van der Waals surface area (Å²) in [5.41, 5.74) is 7.61. The van der Waals surface area contributed by atoms with Crippen molar-refractivity contribution in [2.75, 3.05) is 38.5 Å². The second-order valence-electron chi connectivity index (χ2n) is 6.32. The van der Waals surface area contributed by atoms with Crippen LogP contribution in [0.15, 0.2) is 24.3 Å². The van der Waals surface area contributed by atoms with Gasteiger partial charge in [-0.15, -0.1) is 0 Å². The molecule has 116 valence electrons. The second-order valence-corrected chi connectivity index (χ2v) is 6.32. The Morgan fingerprint density at radius 3 is 2.33 bits per heavy atom. The van der Waals surface area contributed by atoms with Gasteiger partial charge in [0.15, 0.2) is 0 Å². The zero-order chi connectivity index (χ0) is 15.2. The van der Waals surface area contributed by atoms with Crippen molar-refractivity contribution >= 4 is 11.6 Å². The lowest BCUT2D eigenvalue weighted by molar-refractivity contribution is -0.132. The fraction of sp³-hybridized carbons (Fsp3) is 0.588. The minimum absolute atomic E-state index is 0.274. The van der Waals surface area contributed by atoms with Crippen LogP contribution in [0.1, 0.15) is 25.8 Å². The molecule has 2 rings (SSSR count). The number of piperazine rings is 1. The van der Waals surface area contributed by atoms with Crippen LogP contribution in [0, 0.1) is 5.92 Å². The Balaban J connectivity index is 1.73. The summed E-state index contributed by atoms with van der Waals surface area (Å²) in [7, 11) is 0. The zero-order valence-corrected chi connectivity index (χ0v) is 13.2. The van der Waals surface area contributed by atoms with Gasteiger partial charge in [0.2, 0.25) is 5.91 Å². The van der Waals surface area contributed by atoms with E-state index in [2.05, 4.69) is 18.7 Å². The minimum Gasteiger partial charge on any atom is -0.399 e. The van der Waals surface area contributed by atoms with Gasteiger partial charge in [-0.3, -0.25) is 9.69 Å². The quantitative estimate of drug-likeness (QED) is 0.844. The molecular formula is C17H27N3O. The molecule has 1 fully saturated rings. The SMILES string of the molecule is CC(C)CN1CCN(C(=O)CCc2ccc(N)cc2)CC1. The molecule has 0 atom stereocenters. The average Bonchev–Trinajstić information content (AvgIpc) is 2.46. The largest absolute Gasteiger partial charge is 0.399 e. The van der Waals surface area contributed by atoms with Crippen molar-refractivity contribution < 1.29 is 4.79 Å². The Morgan fingerprint density at radius 1 is 1.14 bits per heavy atom. The number of benzene rings is 1. The molecule has 1 aliphatic rings. The van der Waals surface area contributed by atoms with Crippen LogP contribution in [0.5, 0.6) is 0 Å². The van der Waals surface area contributed by atoms with Gasteiger partial charge in [-0.1, -0.05) is 26.0 Å². The molecule has 0 bridgehead atoms. The van der Waals surface area contributed by atoms with E-state index in [4.69, 9.17) is 5.73 Å². The van der Waals surface area contributed by atoms with Gasteiger partial charge in [-0.2, -0.15) is 0 Å². The molecule has 1 aromatic carbocycles. The smallest absolute Gasteiger partial charge is 0.222 e. The van der Waals surface area contributed by atoms with Crippen molar-refractivity contribution in [1.29, 1.82) is 0 Å². The number of aryl methyl sites for hydroxylation is 1. The van der Waals surface area contributed by atoms with Crippen LogP contribution in [0.25, 0.3) is 0 Å². The molecule has 4 nitrogen and oxygen atoms in total. The first-order valence-corrected chi connectivity index (χ1v) is 7.89. The first-order chi connectivity index (χ1) is 10.0. The summed E-state index contributed by atoms with van der Waals surface area (Å²) in [4.78, 5) is 16.7. The van der Waals surface area contributed by atoms with Gasteiger partial charge in [0, 0.05) is 44.8 Å². The number of nitrogen functional groups attached to an aromatic ring is 1. The molecular weight excluding hydrogens is 262 g/mol. The summed E-state index contributed by atoms with van der Waals surface area (Å²) < 4.78 is 0. The van der Waals surface area contributed by atoms with E-state index < -0.39 is 0 Å². The van der Waals surface area contributed by atoms with E-state index in [1.54, 1.807) is 0 Å². The summed E-state index contributed by atoms with van der Waals surface area (Å²) in [5.74, 6) is 0.966. The normalized spacial score (nSPS) is 16.4. The average molecular weight is 289 g/mol. The molecule has 1 saturated heterocycles. The summed E-state index contributed by atoms with van der Waals surface area (Å²) in [6.45, 7) is 9.36. The van der Waals surface area contributed by atoms with Crippen molar-refractivity contribution in [3.8, 4) is 0 Å². The minimum atomic E-state index is 0.274. The molecule has 21 heavy (non-hydrogen) atoms. The summed E-state index contributed by atoms with van der Waals surface area (Å²) >= 11 is 0. The lowest BCUT2D eigenvalue weighted by Gasteiger charge is -2.35. The predicted octanol–water partition coefficient (Wildman–Crippen LogP) is 2.00. The van der Waals surface area contributed by atoms with Crippen molar-refractivity contribution in [2.45, 2.75) is 26.7 Å². The molecule has 2 N–H and O–H groups in total. The van der Waals surface area contributed by atoms with Gasteiger partial charge in [0.1, 0.15) is 0 Å². The highest BCUT2D eigenvalue weighted by Crippen LogP contribution is 2.11. The third-order valence-electron chi connectivity index (χ3n) is 3.96. The standard InChI is InChI=1S/C17H27N3O/c1-14(2)13-19-9-11-20(12-10-19)17(21)8-5-15-3-6-16(18)7-4-15/h3-4,6-7,14H,5,8-13,18H2,1-2H3. The molecule has 0 aromatic heterocycles. The number of rotatable bonds is 5. The lowest BCUT2D eigenvalue weighted by Crippen LogP contribution is -2.49. The van der Waals surface area contributed by atoms with Crippen molar-refractivity contribution in [1.82, 2.24) is 9.80 Å². The van der Waals surface area contributed by atoms with Crippen molar-refractivity contribution in [3.05, 3.63) is 29.8 Å². The zero-order valence-electron chi connectivity index (χ0n) is 13.2. The topological polar surface area (TPSA) is 49.6 Å². The first kappa shape index (κ1) is 15.8. The van der Waals surface area contributed by atoms with Crippen molar-refractivity contribution in [2.24, 2.45) is 5.92 Å². The molecule has 0 saturated carbocycles. The van der Waals surface area contributed by atoms with Gasteiger partial charge in [-0.05, 0) is 30.0 Å². The molecule has 1 aliphatic heterocycles. The number of hydrogen-bond acceptors (Lipinski definition) is 3. The molecule has 0 aliphatic carbocycles. The number of carbonyl (C=O) groups is 1. The Bertz CT molecular complexity index is 448. The summed E-state index contributed by atoms with van der Waals surface area (Å²) in [6.07, 6.45) is 1.39. The van der Waals surface area contributed by atoms with Gasteiger partial charge in [0.05, 0.1) is 0 Å². The highest BCUT2D eigenvalue weighted by Gasteiger charge is 2.20. The van der Waals surface area contributed by atoms with Crippen LogP contribution in [0.4, 0.5) is 5.69 Å². The van der Waals surface area contributed by atoms with E-state index in [1.807, 2.05) is 29.2 Å². The third kappa shape index (κ3) is 5.05. The van der Waals surface area contributed by atoms with E-state index in [-0.39, 0.29) is 5.91 Å². The van der Waals surface area contributed by atoms with Crippen LogP contribution < -0.4 is 5.73 Å². The van der Waals surface area contributed by atoms with E-state index >= 15 is 0 Å². The van der Waals surface area contributed by atoms with E-state index in [1.165, 1.54) is 5.56 Å². The highest BCUT2D eigenvalue weighted by molar-refractivity contribution is 5.76. The van der Waals surface area contributed by atoms with E-state index in [9.17, 15) is 4.79 Å². The fourth-order valence-corrected chi connectivity index (χ4v) is 2.79. The molecule has 0 unspecified atom stereocenters. The van der Waals surface area contributed by atoms with Crippen LogP contribution in [0.2, 0.25) is 0 Å². The van der Waals surface area contributed by atoms with Gasteiger partial charge in [0.25, 0.3) is 0 Å². The maximum Gasteiger partial charge on any atom is 0.222 e. The van der Waals surface area contributed by atoms with Crippen LogP contribution in [-0.2, 0) is 11.2 Å². The fourth-order valence-electron chi connectivity index (χ4n) is 2.79. The molecule has 1 heterocycles. The Morgan fingerprint density at radius 2 is 1.76 bits per heavy atom. The van der Waals surface area contributed by atoms with Crippen LogP contribution in [0.3, 0.4) is 0 Å². The molecule has 1 aromatic rings. The molecule has 4 heteroatoms. The summed E-state index contributed by atoms with van der Waals surface area (Å²) in [6, 6.07) is 7.79. The van der Waals surface area contributed by atoms with Crippen molar-refractivity contribution in [3.63, 3.8) is 0 Å². The Labute approximate surface area is 127 Å². The maximum atomic E-state index is 12.2. The Hall–Kier alpha value is -1.55. The second kappa shape index (κ2) is 7.46. The van der Waals surface area contributed by atoms with E-state index in [0.29, 0.717) is 12.3 Å². The lowest BCUT2D eigenvalue weighted by atomic mass is 10.1. The van der Waals surface area contributed by atoms with E-state index in [0.717, 1.165) is 44.8 Å². The number of carbonyl (C=O) groups excluding carboxylic acids is 1. The third-order valence-corrected chi connectivity index (χ3v) is 3.96. The number of hydrogen-bond donors (Lipinski definition) is 1. The van der Waals surface area contributed by atoms with Gasteiger partial charge in [-0.25, -0.2) is 0 Å². The Kier molecular flexibility index (Phi) is 5.62. The van der Waals surface area contributed by atoms with Crippen LogP contribution in [-0.4, -0.2) is 48.4 Å². The first-order valence-electron chi connectivity index (χ1n) is 7.89. The molecule has 1 amide bonds. The number of anilines is 1. The van der Waals surface area contributed by atoms with Gasteiger partial charge < -0.3 is 10.6 Å². The van der Waals surface area contributed by atoms with Crippen LogP contribution >= 0.6 is 0 Å². The number of nitrogens with two attached hydrogens (primary N) is 1. The monoisotopic (exact) mass is 289 g/mol. The number of amides is 1. The van der Waals surface area contributed by atoms with Gasteiger partial charge >= 0.3 is 0 Å². The highest BCUT2D eigenvalue weighted by atomic mass is 16.2. The molecule has 0 radical (unpaired) electrons.